The molecule has 0 aliphatic rings. The number of methoxy groups -OCH3 is 1. The zero-order chi connectivity index (χ0) is 13.7. The van der Waals surface area contributed by atoms with E-state index in [-0.39, 0.29) is 0 Å². The molecule has 0 spiro atoms. The van der Waals surface area contributed by atoms with Gasteiger partial charge in [0, 0.05) is 31.1 Å². The van der Waals surface area contributed by atoms with Crippen LogP contribution in [0, 0.1) is 0 Å². The number of ether oxygens (including phenoxy) is 1. The topological polar surface area (TPSA) is 34.4 Å². The Morgan fingerprint density at radius 2 is 2.21 bits per heavy atom. The van der Waals surface area contributed by atoms with E-state index in [9.17, 15) is 0 Å². The molecule has 19 heavy (non-hydrogen) atoms. The van der Waals surface area contributed by atoms with E-state index in [1.54, 1.807) is 7.11 Å². The van der Waals surface area contributed by atoms with E-state index < -0.39 is 0 Å². The maximum atomic E-state index is 5.79. The van der Waals surface area contributed by atoms with Crippen LogP contribution < -0.4 is 5.32 Å². The molecule has 104 valence electrons. The van der Waals surface area contributed by atoms with E-state index in [4.69, 9.17) is 9.15 Å². The number of rotatable bonds is 7. The van der Waals surface area contributed by atoms with Crippen molar-refractivity contribution in [2.24, 2.45) is 0 Å². The van der Waals surface area contributed by atoms with Crippen molar-refractivity contribution in [3.8, 4) is 0 Å². The van der Waals surface area contributed by atoms with Crippen molar-refractivity contribution in [3.63, 3.8) is 0 Å². The Morgan fingerprint density at radius 3 is 2.95 bits per heavy atom. The van der Waals surface area contributed by atoms with Gasteiger partial charge in [0.25, 0.3) is 0 Å². The largest absolute Gasteiger partial charge is 0.464 e. The predicted octanol–water partition coefficient (Wildman–Crippen LogP) is 3.68. The van der Waals surface area contributed by atoms with E-state index in [0.717, 1.165) is 31.7 Å². The summed E-state index contributed by atoms with van der Waals surface area (Å²) >= 11 is 0. The van der Waals surface area contributed by atoms with Gasteiger partial charge in [-0.1, -0.05) is 32.0 Å². The minimum absolute atomic E-state index is 0.532. The molecular formula is C16H23NO2. The molecule has 1 heterocycles. The molecule has 3 nitrogen and oxygen atoms in total. The third-order valence-corrected chi connectivity index (χ3v) is 3.65. The van der Waals surface area contributed by atoms with Gasteiger partial charge in [-0.2, -0.15) is 0 Å². The van der Waals surface area contributed by atoms with Gasteiger partial charge in [0.2, 0.25) is 0 Å². The summed E-state index contributed by atoms with van der Waals surface area (Å²) in [5.41, 5.74) is 3.57. The second kappa shape index (κ2) is 6.73. The molecule has 0 amide bonds. The fourth-order valence-corrected chi connectivity index (χ4v) is 2.27. The van der Waals surface area contributed by atoms with E-state index in [1.165, 1.54) is 16.5 Å². The van der Waals surface area contributed by atoms with Crippen molar-refractivity contribution in [1.29, 1.82) is 0 Å². The minimum Gasteiger partial charge on any atom is -0.464 e. The summed E-state index contributed by atoms with van der Waals surface area (Å²) in [5.74, 6) is 0.532. The summed E-state index contributed by atoms with van der Waals surface area (Å²) in [4.78, 5) is 0. The molecule has 1 unspecified atom stereocenters. The standard InChI is InChI=1S/C16H23NO2/c1-4-12(2)14-6-5-7-15-13(11-19-16(14)15)10-17-8-9-18-3/h5-7,11-12,17H,4,8-10H2,1-3H3. The van der Waals surface area contributed by atoms with Crippen LogP contribution in [-0.4, -0.2) is 20.3 Å². The lowest BCUT2D eigenvalue weighted by Gasteiger charge is -2.09. The van der Waals surface area contributed by atoms with Crippen molar-refractivity contribution in [2.75, 3.05) is 20.3 Å². The van der Waals surface area contributed by atoms with E-state index in [1.807, 2.05) is 6.26 Å². The SMILES string of the molecule is CCC(C)c1cccc2c(CNCCOC)coc12. The molecule has 1 aromatic heterocycles. The number of nitrogens with one attached hydrogen (secondary N) is 1. The van der Waals surface area contributed by atoms with Gasteiger partial charge in [-0.3, -0.25) is 0 Å². The van der Waals surface area contributed by atoms with Crippen molar-refractivity contribution in [3.05, 3.63) is 35.6 Å². The maximum absolute atomic E-state index is 5.79. The van der Waals surface area contributed by atoms with E-state index in [2.05, 4.69) is 37.4 Å². The predicted molar refractivity (Wildman–Crippen MR) is 78.5 cm³/mol. The van der Waals surface area contributed by atoms with Gasteiger partial charge < -0.3 is 14.5 Å². The number of hydrogen-bond acceptors (Lipinski definition) is 3. The lowest BCUT2D eigenvalue weighted by molar-refractivity contribution is 0.199. The first-order chi connectivity index (χ1) is 9.27. The highest BCUT2D eigenvalue weighted by atomic mass is 16.5. The second-order valence-corrected chi connectivity index (χ2v) is 4.96. The molecule has 2 aromatic rings. The monoisotopic (exact) mass is 261 g/mol. The summed E-state index contributed by atoms with van der Waals surface area (Å²) in [5, 5.41) is 4.58. The first-order valence-corrected chi connectivity index (χ1v) is 6.96. The van der Waals surface area contributed by atoms with Crippen LogP contribution in [0.25, 0.3) is 11.0 Å². The van der Waals surface area contributed by atoms with Gasteiger partial charge in [0.1, 0.15) is 5.58 Å². The highest BCUT2D eigenvalue weighted by molar-refractivity contribution is 5.84. The van der Waals surface area contributed by atoms with Gasteiger partial charge in [0.05, 0.1) is 12.9 Å². The first kappa shape index (κ1) is 14.1. The van der Waals surface area contributed by atoms with E-state index >= 15 is 0 Å². The van der Waals surface area contributed by atoms with Gasteiger partial charge in [-0.25, -0.2) is 0 Å². The summed E-state index contributed by atoms with van der Waals surface area (Å²) in [7, 11) is 1.72. The molecule has 0 saturated carbocycles. The lowest BCUT2D eigenvalue weighted by atomic mass is 9.96. The molecule has 1 N–H and O–H groups in total. The van der Waals surface area contributed by atoms with Gasteiger partial charge in [0.15, 0.2) is 0 Å². The van der Waals surface area contributed by atoms with Gasteiger partial charge >= 0.3 is 0 Å². The minimum atomic E-state index is 0.532. The molecule has 0 fully saturated rings. The normalized spacial score (nSPS) is 13.0. The molecule has 1 atom stereocenters. The zero-order valence-corrected chi connectivity index (χ0v) is 12.0. The molecule has 0 radical (unpaired) electrons. The quantitative estimate of drug-likeness (QED) is 0.772. The highest BCUT2D eigenvalue weighted by Gasteiger charge is 2.13. The maximum Gasteiger partial charge on any atom is 0.137 e. The van der Waals surface area contributed by atoms with Gasteiger partial charge in [-0.05, 0) is 17.9 Å². The van der Waals surface area contributed by atoms with Crippen LogP contribution in [0.1, 0.15) is 37.3 Å². The Balaban J connectivity index is 2.18. The molecule has 1 aromatic carbocycles. The van der Waals surface area contributed by atoms with Crippen molar-refractivity contribution in [1.82, 2.24) is 5.32 Å². The highest BCUT2D eigenvalue weighted by Crippen LogP contribution is 2.30. The van der Waals surface area contributed by atoms with Crippen molar-refractivity contribution >= 4 is 11.0 Å². The molecule has 0 aliphatic carbocycles. The second-order valence-electron chi connectivity index (χ2n) is 4.96. The van der Waals surface area contributed by atoms with Crippen molar-refractivity contribution < 1.29 is 9.15 Å². The summed E-state index contributed by atoms with van der Waals surface area (Å²) < 4.78 is 10.8. The number of hydrogen-bond donors (Lipinski definition) is 1. The van der Waals surface area contributed by atoms with Crippen LogP contribution in [0.5, 0.6) is 0 Å². The smallest absolute Gasteiger partial charge is 0.137 e. The average molecular weight is 261 g/mol. The lowest BCUT2D eigenvalue weighted by Crippen LogP contribution is -2.18. The van der Waals surface area contributed by atoms with Crippen LogP contribution in [0.4, 0.5) is 0 Å². The molecule has 0 bridgehead atoms. The Hall–Kier alpha value is -1.32. The van der Waals surface area contributed by atoms with Crippen LogP contribution >= 0.6 is 0 Å². The summed E-state index contributed by atoms with van der Waals surface area (Å²) in [6, 6.07) is 6.43. The zero-order valence-electron chi connectivity index (χ0n) is 12.0. The first-order valence-electron chi connectivity index (χ1n) is 6.96. The van der Waals surface area contributed by atoms with Crippen LogP contribution in [-0.2, 0) is 11.3 Å². The molecule has 2 rings (SSSR count). The number of furan rings is 1. The van der Waals surface area contributed by atoms with Crippen molar-refractivity contribution in [2.45, 2.75) is 32.7 Å². The number of benzene rings is 1. The molecular weight excluding hydrogens is 238 g/mol. The fourth-order valence-electron chi connectivity index (χ4n) is 2.27. The summed E-state index contributed by atoms with van der Waals surface area (Å²) in [6.45, 7) is 6.86. The Morgan fingerprint density at radius 1 is 1.37 bits per heavy atom. The Kier molecular flexibility index (Phi) is 5.00. The average Bonchev–Trinajstić information content (AvgIpc) is 2.86. The van der Waals surface area contributed by atoms with Crippen LogP contribution in [0.3, 0.4) is 0 Å². The van der Waals surface area contributed by atoms with E-state index in [0.29, 0.717) is 5.92 Å². The fraction of sp³-hybridized carbons (Fsp3) is 0.500. The van der Waals surface area contributed by atoms with Crippen LogP contribution in [0.15, 0.2) is 28.9 Å². The number of fused-ring (bicyclic) bond motifs is 1. The molecule has 3 heteroatoms. The third-order valence-electron chi connectivity index (χ3n) is 3.65. The molecule has 0 aliphatic heterocycles. The third kappa shape index (κ3) is 3.17. The number of para-hydroxylation sites is 1. The van der Waals surface area contributed by atoms with Crippen LogP contribution in [0.2, 0.25) is 0 Å². The summed E-state index contributed by atoms with van der Waals surface area (Å²) in [6.07, 6.45) is 3.00. The van der Waals surface area contributed by atoms with Gasteiger partial charge in [-0.15, -0.1) is 0 Å². The Labute approximate surface area is 114 Å². The molecule has 0 saturated heterocycles. The Bertz CT molecular complexity index is 518.